The molecular formula is C17H21ClN2O6S. The lowest BCUT2D eigenvalue weighted by molar-refractivity contribution is -0.148. The lowest BCUT2D eigenvalue weighted by Gasteiger charge is -2.37. The minimum atomic E-state index is -0.722. The minimum absolute atomic E-state index is 0.00140. The van der Waals surface area contributed by atoms with Crippen LogP contribution in [0, 0.1) is 0 Å². The molecule has 1 aromatic heterocycles. The summed E-state index contributed by atoms with van der Waals surface area (Å²) < 4.78 is 15.7. The number of esters is 1. The van der Waals surface area contributed by atoms with Crippen molar-refractivity contribution in [3.63, 3.8) is 0 Å². The third kappa shape index (κ3) is 3.84. The summed E-state index contributed by atoms with van der Waals surface area (Å²) in [4.78, 5) is 40.1. The fourth-order valence-corrected chi connectivity index (χ4v) is 4.48. The molecule has 27 heavy (non-hydrogen) atoms. The molecule has 1 atom stereocenters. The van der Waals surface area contributed by atoms with E-state index in [9.17, 15) is 14.4 Å². The zero-order valence-electron chi connectivity index (χ0n) is 15.1. The summed E-state index contributed by atoms with van der Waals surface area (Å²) in [5, 5.41) is 1.68. The van der Waals surface area contributed by atoms with E-state index in [-0.39, 0.29) is 25.2 Å². The van der Waals surface area contributed by atoms with E-state index < -0.39 is 18.1 Å². The number of amides is 2. The summed E-state index contributed by atoms with van der Waals surface area (Å²) in [6.07, 6.45) is 0.595. The average molecular weight is 417 g/mol. The predicted molar refractivity (Wildman–Crippen MR) is 98.4 cm³/mol. The topological polar surface area (TPSA) is 85.4 Å². The first-order valence-corrected chi connectivity index (χ1v) is 9.95. The highest BCUT2D eigenvalue weighted by Crippen LogP contribution is 2.36. The SMILES string of the molecule is CCOC(=O)C1COC(=O)N1C1CCN(C(=O)c2csc(Cl)c2OC)CC1. The Kier molecular flexibility index (Phi) is 6.11. The molecule has 2 fully saturated rings. The highest BCUT2D eigenvalue weighted by Gasteiger charge is 2.44. The Hall–Kier alpha value is -2.00. The summed E-state index contributed by atoms with van der Waals surface area (Å²) >= 11 is 7.30. The van der Waals surface area contributed by atoms with Crippen LogP contribution in [0.5, 0.6) is 5.75 Å². The first-order valence-electron chi connectivity index (χ1n) is 8.69. The van der Waals surface area contributed by atoms with Crippen LogP contribution in [0.15, 0.2) is 5.38 Å². The highest BCUT2D eigenvalue weighted by molar-refractivity contribution is 7.15. The van der Waals surface area contributed by atoms with Crippen molar-refractivity contribution in [3.05, 3.63) is 15.3 Å². The Morgan fingerprint density at radius 3 is 2.70 bits per heavy atom. The first kappa shape index (κ1) is 19.8. The number of likely N-dealkylation sites (tertiary alicyclic amines) is 1. The van der Waals surface area contributed by atoms with Crippen molar-refractivity contribution in [3.8, 4) is 5.75 Å². The normalized spacial score (nSPS) is 20.6. The third-order valence-corrected chi connectivity index (χ3v) is 5.94. The standard InChI is InChI=1S/C17H21ClN2O6S/c1-3-25-16(22)12-8-26-17(23)20(12)10-4-6-19(7-5-10)15(21)11-9-27-14(18)13(11)24-2/h9-10,12H,3-8H2,1-2H3. The molecule has 0 radical (unpaired) electrons. The smallest absolute Gasteiger partial charge is 0.410 e. The second-order valence-electron chi connectivity index (χ2n) is 6.23. The summed E-state index contributed by atoms with van der Waals surface area (Å²) in [5.41, 5.74) is 0.441. The number of hydrogen-bond acceptors (Lipinski definition) is 7. The van der Waals surface area contributed by atoms with Crippen molar-refractivity contribution in [2.75, 3.05) is 33.4 Å². The maximum atomic E-state index is 12.8. The Bertz CT molecular complexity index is 731. The lowest BCUT2D eigenvalue weighted by Crippen LogP contribution is -2.52. The number of methoxy groups -OCH3 is 1. The van der Waals surface area contributed by atoms with Gasteiger partial charge in [-0.1, -0.05) is 11.6 Å². The van der Waals surface area contributed by atoms with Gasteiger partial charge in [0.2, 0.25) is 0 Å². The third-order valence-electron chi connectivity index (χ3n) is 4.75. The summed E-state index contributed by atoms with van der Waals surface area (Å²) in [5.74, 6) is -0.224. The van der Waals surface area contributed by atoms with Gasteiger partial charge in [0.25, 0.3) is 5.91 Å². The number of carbonyl (C=O) groups is 3. The molecule has 2 saturated heterocycles. The van der Waals surface area contributed by atoms with E-state index in [0.29, 0.717) is 41.6 Å². The molecular weight excluding hydrogens is 396 g/mol. The van der Waals surface area contributed by atoms with Crippen LogP contribution in [0.4, 0.5) is 4.79 Å². The fourth-order valence-electron chi connectivity index (χ4n) is 3.43. The van der Waals surface area contributed by atoms with Gasteiger partial charge in [-0.25, -0.2) is 9.59 Å². The Balaban J connectivity index is 1.65. The van der Waals surface area contributed by atoms with Gasteiger partial charge in [-0.3, -0.25) is 9.69 Å². The first-order chi connectivity index (χ1) is 13.0. The van der Waals surface area contributed by atoms with Crippen LogP contribution >= 0.6 is 22.9 Å². The van der Waals surface area contributed by atoms with Gasteiger partial charge in [-0.15, -0.1) is 11.3 Å². The molecule has 0 bridgehead atoms. The quantitative estimate of drug-likeness (QED) is 0.685. The number of nitrogens with zero attached hydrogens (tertiary/aromatic N) is 2. The van der Waals surface area contributed by atoms with Crippen LogP contribution in [0.2, 0.25) is 4.34 Å². The second-order valence-corrected chi connectivity index (χ2v) is 7.71. The zero-order valence-corrected chi connectivity index (χ0v) is 16.7. The summed E-state index contributed by atoms with van der Waals surface area (Å²) in [6, 6.07) is -0.896. The van der Waals surface area contributed by atoms with Crippen molar-refractivity contribution in [1.82, 2.24) is 9.80 Å². The van der Waals surface area contributed by atoms with E-state index in [1.165, 1.54) is 23.3 Å². The van der Waals surface area contributed by atoms with E-state index >= 15 is 0 Å². The van der Waals surface area contributed by atoms with E-state index in [0.717, 1.165) is 0 Å². The van der Waals surface area contributed by atoms with Gasteiger partial charge in [0.1, 0.15) is 10.9 Å². The number of hydrogen-bond donors (Lipinski definition) is 0. The molecule has 0 N–H and O–H groups in total. The monoisotopic (exact) mass is 416 g/mol. The number of carbonyl (C=O) groups excluding carboxylic acids is 3. The second kappa shape index (κ2) is 8.35. The summed E-state index contributed by atoms with van der Waals surface area (Å²) in [6.45, 7) is 2.88. The maximum Gasteiger partial charge on any atom is 0.410 e. The number of halogens is 1. The molecule has 3 rings (SSSR count). The van der Waals surface area contributed by atoms with Gasteiger partial charge in [0, 0.05) is 24.5 Å². The number of thiophene rings is 1. The molecule has 148 valence electrons. The minimum Gasteiger partial charge on any atom is -0.493 e. The number of ether oxygens (including phenoxy) is 3. The van der Waals surface area contributed by atoms with Crippen LogP contribution < -0.4 is 4.74 Å². The van der Waals surface area contributed by atoms with E-state index in [2.05, 4.69) is 0 Å². The van der Waals surface area contributed by atoms with Crippen molar-refractivity contribution in [2.45, 2.75) is 31.8 Å². The predicted octanol–water partition coefficient (Wildman–Crippen LogP) is 2.40. The lowest BCUT2D eigenvalue weighted by atomic mass is 10.0. The van der Waals surface area contributed by atoms with Gasteiger partial charge in [0.15, 0.2) is 11.8 Å². The Morgan fingerprint density at radius 2 is 2.07 bits per heavy atom. The van der Waals surface area contributed by atoms with Crippen LogP contribution in [0.1, 0.15) is 30.1 Å². The van der Waals surface area contributed by atoms with Crippen molar-refractivity contribution in [1.29, 1.82) is 0 Å². The van der Waals surface area contributed by atoms with Gasteiger partial charge in [-0.05, 0) is 19.8 Å². The van der Waals surface area contributed by atoms with Gasteiger partial charge in [-0.2, -0.15) is 0 Å². The zero-order chi connectivity index (χ0) is 19.6. The number of cyclic esters (lactones) is 1. The summed E-state index contributed by atoms with van der Waals surface area (Å²) in [7, 11) is 1.48. The molecule has 1 unspecified atom stereocenters. The van der Waals surface area contributed by atoms with Gasteiger partial charge < -0.3 is 19.1 Å². The molecule has 2 aliphatic heterocycles. The largest absolute Gasteiger partial charge is 0.493 e. The molecule has 3 heterocycles. The fraction of sp³-hybridized carbons (Fsp3) is 0.588. The molecule has 10 heteroatoms. The molecule has 2 aliphatic rings. The van der Waals surface area contributed by atoms with Gasteiger partial charge in [0.05, 0.1) is 19.3 Å². The maximum absolute atomic E-state index is 12.8. The number of rotatable bonds is 5. The molecule has 0 saturated carbocycles. The highest BCUT2D eigenvalue weighted by atomic mass is 35.5. The van der Waals surface area contributed by atoms with Crippen LogP contribution in [0.3, 0.4) is 0 Å². The van der Waals surface area contributed by atoms with Crippen molar-refractivity contribution < 1.29 is 28.6 Å². The van der Waals surface area contributed by atoms with Crippen LogP contribution in [-0.4, -0.2) is 73.3 Å². The van der Waals surface area contributed by atoms with E-state index in [1.54, 1.807) is 17.2 Å². The van der Waals surface area contributed by atoms with Crippen LogP contribution in [0.25, 0.3) is 0 Å². The van der Waals surface area contributed by atoms with Crippen molar-refractivity contribution in [2.24, 2.45) is 0 Å². The molecule has 8 nitrogen and oxygen atoms in total. The van der Waals surface area contributed by atoms with Crippen molar-refractivity contribution >= 4 is 40.9 Å². The molecule has 1 aromatic rings. The molecule has 2 amide bonds. The number of piperidine rings is 1. The van der Waals surface area contributed by atoms with E-state index in [4.69, 9.17) is 25.8 Å². The Morgan fingerprint density at radius 1 is 1.37 bits per heavy atom. The Labute approximate surface area is 165 Å². The molecule has 0 aliphatic carbocycles. The van der Waals surface area contributed by atoms with Gasteiger partial charge >= 0.3 is 12.1 Å². The van der Waals surface area contributed by atoms with Crippen LogP contribution in [-0.2, 0) is 14.3 Å². The molecule has 0 spiro atoms. The van der Waals surface area contributed by atoms with E-state index in [1.807, 2.05) is 0 Å². The molecule has 0 aromatic carbocycles. The average Bonchev–Trinajstić information content (AvgIpc) is 3.24.